The van der Waals surface area contributed by atoms with E-state index < -0.39 is 15.8 Å². The van der Waals surface area contributed by atoms with Gasteiger partial charge in [0.1, 0.15) is 11.5 Å². The molecular formula is C35H31ArNO8S. The van der Waals surface area contributed by atoms with Gasteiger partial charge in [0.15, 0.2) is 11.6 Å². The number of rotatable bonds is 6. The number of ether oxygens (including phenoxy) is 1. The number of benzene rings is 4. The Hall–Kier alpha value is -3.83. The van der Waals surface area contributed by atoms with Gasteiger partial charge in [-0.2, -0.15) is 0 Å². The van der Waals surface area contributed by atoms with Crippen LogP contribution < -0.4 is 4.74 Å². The normalized spacial score (nSPS) is 15.4. The van der Waals surface area contributed by atoms with Gasteiger partial charge in [-0.15, -0.1) is 0 Å². The van der Waals surface area contributed by atoms with Crippen LogP contribution >= 0.6 is 0 Å². The van der Waals surface area contributed by atoms with E-state index in [4.69, 9.17) is 4.74 Å². The molecule has 4 aromatic rings. The average molecular weight is 666 g/mol. The predicted octanol–water partition coefficient (Wildman–Crippen LogP) is 5.47. The molecule has 2 amide bonds. The molecule has 2 aliphatic rings. The Bertz CT molecular complexity index is 1940. The summed E-state index contributed by atoms with van der Waals surface area (Å²) in [6.07, 6.45) is 1.17. The van der Waals surface area contributed by atoms with Gasteiger partial charge in [-0.1, -0.05) is 29.8 Å². The molecule has 0 spiro atoms. The van der Waals surface area contributed by atoms with Crippen LogP contribution in [0.15, 0.2) is 94.7 Å². The van der Waals surface area contributed by atoms with E-state index >= 15 is 0 Å². The molecule has 1 unspecified atom stereocenters. The van der Waals surface area contributed by atoms with Gasteiger partial charge in [-0.05, 0) is 86.0 Å². The number of Topliss-reactive ketones (excluding diaryl/α,β-unsaturated/α-hetero) is 2. The van der Waals surface area contributed by atoms with E-state index in [-0.39, 0.29) is 88.6 Å². The molecule has 4 aromatic carbocycles. The Morgan fingerprint density at radius 3 is 2.00 bits per heavy atom. The molecule has 11 heteroatoms. The fourth-order valence-electron chi connectivity index (χ4n) is 5.36. The average Bonchev–Trinajstić information content (AvgIpc) is 3.25. The van der Waals surface area contributed by atoms with Crippen LogP contribution in [0.2, 0.25) is 0 Å². The van der Waals surface area contributed by atoms with Crippen molar-refractivity contribution in [1.29, 1.82) is 0 Å². The maximum atomic E-state index is 12.8. The first-order chi connectivity index (χ1) is 21.4. The molecule has 1 heterocycles. The third-order valence-electron chi connectivity index (χ3n) is 8.01. The van der Waals surface area contributed by atoms with Crippen molar-refractivity contribution in [3.63, 3.8) is 0 Å². The predicted molar refractivity (Wildman–Crippen MR) is 166 cm³/mol. The second kappa shape index (κ2) is 14.3. The summed E-state index contributed by atoms with van der Waals surface area (Å²) in [5.74, 6) is -0.663. The molecule has 1 N–H and O–H groups in total. The van der Waals surface area contributed by atoms with Crippen LogP contribution in [0.5, 0.6) is 11.5 Å². The number of aromatic hydroxyl groups is 1. The number of phenolic OH excluding ortho intramolecular Hbond substituents is 1. The van der Waals surface area contributed by atoms with Crippen molar-refractivity contribution in [2.75, 3.05) is 14.2 Å². The second-order valence-electron chi connectivity index (χ2n) is 11.0. The topological polar surface area (TPSA) is 135 Å². The summed E-state index contributed by atoms with van der Waals surface area (Å²) in [7, 11) is -0.594. The Kier molecular flexibility index (Phi) is 10.9. The minimum atomic E-state index is -3.58. The van der Waals surface area contributed by atoms with Gasteiger partial charge in [-0.3, -0.25) is 24.1 Å². The van der Waals surface area contributed by atoms with Crippen LogP contribution in [0.4, 0.5) is 0 Å². The van der Waals surface area contributed by atoms with Crippen molar-refractivity contribution >= 4 is 33.2 Å². The largest absolute Gasteiger partial charge is 0.508 e. The molecule has 6 rings (SSSR count). The number of hydrogen-bond acceptors (Lipinski definition) is 8. The number of ketones is 2. The SMILES string of the molecule is COc1ccc2c(c1)C(=O)N(C)C2=O.Cc1ccc(S(=O)(=O)c2ccc(CCC3CC(=O)c4ccc(O)cc4C3=O)cc2)cc1.[Ar]. The number of imide groups is 1. The summed E-state index contributed by atoms with van der Waals surface area (Å²) >= 11 is 0. The number of methoxy groups -OCH3 is 1. The smallest absolute Gasteiger partial charge is 0.261 e. The summed E-state index contributed by atoms with van der Waals surface area (Å²) in [6, 6.07) is 22.5. The fourth-order valence-corrected chi connectivity index (χ4v) is 6.62. The van der Waals surface area contributed by atoms with E-state index in [1.807, 2.05) is 6.92 Å². The first-order valence-corrected chi connectivity index (χ1v) is 15.7. The number of phenols is 1. The van der Waals surface area contributed by atoms with Crippen molar-refractivity contribution in [3.8, 4) is 11.5 Å². The zero-order valence-corrected chi connectivity index (χ0v) is 26.8. The van der Waals surface area contributed by atoms with E-state index in [0.29, 0.717) is 35.3 Å². The van der Waals surface area contributed by atoms with Gasteiger partial charge in [0.2, 0.25) is 9.84 Å². The third-order valence-corrected chi connectivity index (χ3v) is 9.80. The van der Waals surface area contributed by atoms with E-state index in [2.05, 4.69) is 0 Å². The third kappa shape index (κ3) is 7.10. The summed E-state index contributed by atoms with van der Waals surface area (Å²) in [6.45, 7) is 1.90. The van der Waals surface area contributed by atoms with Crippen molar-refractivity contribution in [2.45, 2.75) is 36.0 Å². The number of sulfone groups is 1. The van der Waals surface area contributed by atoms with Gasteiger partial charge in [0.25, 0.3) is 11.8 Å². The molecule has 0 aromatic heterocycles. The Morgan fingerprint density at radius 2 is 1.37 bits per heavy atom. The van der Waals surface area contributed by atoms with Crippen molar-refractivity contribution in [1.82, 2.24) is 4.90 Å². The van der Waals surface area contributed by atoms with E-state index in [1.165, 1.54) is 32.4 Å². The second-order valence-corrected chi connectivity index (χ2v) is 12.9. The van der Waals surface area contributed by atoms with Crippen molar-refractivity contribution < 1.29 is 75.2 Å². The van der Waals surface area contributed by atoms with Crippen LogP contribution in [0.25, 0.3) is 0 Å². The van der Waals surface area contributed by atoms with Gasteiger partial charge in [-0.25, -0.2) is 8.42 Å². The van der Waals surface area contributed by atoms with Gasteiger partial charge >= 0.3 is 0 Å². The number of carbonyl (C=O) groups is 4. The molecule has 0 saturated heterocycles. The van der Waals surface area contributed by atoms with E-state index in [0.717, 1.165) is 16.0 Å². The summed E-state index contributed by atoms with van der Waals surface area (Å²) < 4.78 is 30.5. The number of hydrogen-bond donors (Lipinski definition) is 1. The van der Waals surface area contributed by atoms with Crippen LogP contribution in [0.1, 0.15) is 65.4 Å². The van der Waals surface area contributed by atoms with Gasteiger partial charge in [0.05, 0.1) is 28.0 Å². The standard InChI is InChI=1S/C25H22O5S.C10H9NO3.Ar/c1-16-2-9-20(10-3-16)31(29,30)21-11-5-17(6-12-21)4-7-18-14-24(27)22-13-8-19(26)15-23(22)25(18)28;1-11-9(12)7-4-3-6(14-2)5-8(7)10(11)13;/h2-3,5-6,8-13,15,18,26H,4,7,14H2,1H3;3-5H,1-2H3;. The molecular weight excluding hydrogens is 634 g/mol. The number of amides is 2. The first-order valence-electron chi connectivity index (χ1n) is 14.2. The molecule has 1 aliphatic heterocycles. The molecule has 1 aliphatic carbocycles. The van der Waals surface area contributed by atoms with Crippen LogP contribution in [-0.4, -0.2) is 56.0 Å². The maximum absolute atomic E-state index is 12.8. The first kappa shape index (κ1) is 35.0. The molecule has 0 fully saturated rings. The Balaban J connectivity index is 0.000000268. The Labute approximate surface area is 297 Å². The van der Waals surface area contributed by atoms with Crippen LogP contribution in [0, 0.1) is 50.6 Å². The molecule has 46 heavy (non-hydrogen) atoms. The number of aryl methyl sites for hydroxylation is 2. The Morgan fingerprint density at radius 1 is 0.783 bits per heavy atom. The van der Waals surface area contributed by atoms with Crippen LogP contribution in [-0.2, 0) is 16.3 Å². The van der Waals surface area contributed by atoms with E-state index in [1.54, 1.807) is 66.7 Å². The van der Waals surface area contributed by atoms with E-state index in [9.17, 15) is 32.7 Å². The van der Waals surface area contributed by atoms with Crippen molar-refractivity contribution in [3.05, 3.63) is 118 Å². The number of carbonyl (C=O) groups excluding carboxylic acids is 4. The number of fused-ring (bicyclic) bond motifs is 2. The zero-order valence-electron chi connectivity index (χ0n) is 25.3. The zero-order chi connectivity index (χ0) is 32.5. The quantitative estimate of drug-likeness (QED) is 0.268. The maximum Gasteiger partial charge on any atom is 0.261 e. The fraction of sp³-hybridized carbons (Fsp3) is 0.200. The molecule has 0 radical (unpaired) electrons. The molecule has 1 atom stereocenters. The summed E-state index contributed by atoms with van der Waals surface area (Å²) in [5, 5.41) is 9.66. The minimum Gasteiger partial charge on any atom is -0.508 e. The summed E-state index contributed by atoms with van der Waals surface area (Å²) in [4.78, 5) is 49.7. The van der Waals surface area contributed by atoms with Gasteiger partial charge < -0.3 is 9.84 Å². The molecule has 0 bridgehead atoms. The molecule has 9 nitrogen and oxygen atoms in total. The summed E-state index contributed by atoms with van der Waals surface area (Å²) in [5.41, 5.74) is 3.38. The number of nitrogens with zero attached hydrogens (tertiary/aromatic N) is 1. The molecule has 0 saturated carbocycles. The monoisotopic (exact) mass is 665 g/mol. The van der Waals surface area contributed by atoms with Gasteiger partial charge in [0, 0.05) is 68.3 Å². The van der Waals surface area contributed by atoms with Crippen LogP contribution in [0.3, 0.4) is 0 Å². The molecule has 238 valence electrons. The minimum absolute atomic E-state index is 0. The van der Waals surface area contributed by atoms with Crippen molar-refractivity contribution in [2.24, 2.45) is 5.92 Å².